The first-order valence-corrected chi connectivity index (χ1v) is 28.2. The van der Waals surface area contributed by atoms with E-state index in [-0.39, 0.29) is 69.5 Å². The molecule has 4 saturated heterocycles. The summed E-state index contributed by atoms with van der Waals surface area (Å²) in [6.07, 6.45) is -2.30. The Morgan fingerprint density at radius 3 is 1.48 bits per heavy atom. The fraction of sp³-hybridized carbons (Fsp3) is 0.515. The third kappa shape index (κ3) is 15.4. The van der Waals surface area contributed by atoms with Crippen molar-refractivity contribution in [1.82, 2.24) is 79.4 Å². The molecular weight excluding hydrogens is 1190 g/mol. The standard InChI is InChI=1S/2C17H22N6O.2C16H20N6O/c2*1-11-5-6-23(15(24)8-18-3)9-14(11)22(4)17-13-7-12(2)21-16(13)19-10-20-17;2*1-11-5-7-22(14(23)8-17-2)9-13(11)21(3)16-12-4-6-18-15(12)19-10-20-16/h2*7,10-11,14H,5-6,8-9H2,1-2,4H3,(H,19,20,21);2*4,6,10-11,13H,5,7-9H2,1,3H3,(H,18,19,20)/t2*11-,14+;2*11-,13+/m1111/s1/i1D3,4D3,5D2,6D2,7D,9D2,10D,11D,14D;4D3,5D2,6D2,7D,9D2,10D,11D,14D;1D3,8D2;8D2. The highest BCUT2D eigenvalue weighted by Gasteiger charge is 2.38. The van der Waals surface area contributed by atoms with Crippen LogP contribution in [0.4, 0.5) is 23.3 Å². The monoisotopic (exact) mass is 1310 g/mol. The summed E-state index contributed by atoms with van der Waals surface area (Å²) >= 11 is 0. The van der Waals surface area contributed by atoms with E-state index in [4.69, 9.17) is 72.9 Å². The minimum Gasteiger partial charge on any atom is -0.354 e. The number of amides is 4. The molecule has 8 atom stereocenters. The molecule has 0 aliphatic carbocycles. The average molecular weight is 1310 g/mol. The van der Waals surface area contributed by atoms with Gasteiger partial charge in [-0.2, -0.15) is 0 Å². The van der Waals surface area contributed by atoms with Crippen LogP contribution in [0.1, 0.15) is 114 Å². The van der Waals surface area contributed by atoms with E-state index < -0.39 is 197 Å². The Hall–Kier alpha value is -10.5. The molecule has 0 spiro atoms. The van der Waals surface area contributed by atoms with E-state index >= 15 is 0 Å². The van der Waals surface area contributed by atoms with Crippen LogP contribution in [0.2, 0.25) is 0 Å². The van der Waals surface area contributed by atoms with Crippen LogP contribution in [0, 0.1) is 63.8 Å². The van der Waals surface area contributed by atoms with Gasteiger partial charge >= 0.3 is 23.6 Å². The van der Waals surface area contributed by atoms with Crippen molar-refractivity contribution in [3.8, 4) is 0 Å². The van der Waals surface area contributed by atoms with Gasteiger partial charge in [-0.1, -0.05) is 27.6 Å². The van der Waals surface area contributed by atoms with Crippen molar-refractivity contribution in [3.05, 3.63) is 119 Å². The Kier molecular flexibility index (Phi) is 11.4. The Labute approximate surface area is 598 Å². The molecule has 4 aliphatic heterocycles. The number of aromatic nitrogens is 12. The van der Waals surface area contributed by atoms with Gasteiger partial charge in [-0.3, -0.25) is 19.2 Å². The van der Waals surface area contributed by atoms with Gasteiger partial charge in [0.1, 0.15) is 79.3 Å². The number of aryl methyl sites for hydroxylation is 2. The number of fused-ring (bicyclic) bond motifs is 4. The summed E-state index contributed by atoms with van der Waals surface area (Å²) in [5.41, 5.74) is 0.934. The highest BCUT2D eigenvalue weighted by molar-refractivity contribution is 5.91. The minimum absolute atomic E-state index is 0.0106. The number of hydrogen-bond acceptors (Lipinski definition) is 16. The lowest BCUT2D eigenvalue weighted by Gasteiger charge is -2.41. The molecule has 8 aromatic rings. The van der Waals surface area contributed by atoms with Crippen LogP contribution >= 0.6 is 0 Å². The predicted octanol–water partition coefficient (Wildman–Crippen LogP) is 6.82. The summed E-state index contributed by atoms with van der Waals surface area (Å²) in [5.74, 6) is -13.9. The lowest BCUT2D eigenvalue weighted by atomic mass is 9.92. The van der Waals surface area contributed by atoms with Crippen LogP contribution in [-0.4, -0.2) is 233 Å². The number of hydrogen-bond donors (Lipinski definition) is 4. The lowest BCUT2D eigenvalue weighted by Crippen LogP contribution is -2.53. The molecular formula is C66H84N24O4. The van der Waals surface area contributed by atoms with Crippen molar-refractivity contribution in [1.29, 1.82) is 0 Å². The molecule has 4 amide bonds. The number of aromatic amines is 4. The van der Waals surface area contributed by atoms with Gasteiger partial charge in [0, 0.05) is 134 Å². The molecule has 4 N–H and O–H groups in total. The molecule has 12 heterocycles. The second kappa shape index (κ2) is 30.8. The summed E-state index contributed by atoms with van der Waals surface area (Å²) in [6.45, 7) is -3.09. The van der Waals surface area contributed by atoms with Crippen molar-refractivity contribution in [2.75, 3.05) is 126 Å². The maximum absolute atomic E-state index is 12.9. The first-order valence-electron chi connectivity index (χ1n) is 46.2. The maximum atomic E-state index is 12.9. The summed E-state index contributed by atoms with van der Waals surface area (Å²) in [7, 11) is 3.63. The zero-order valence-corrected chi connectivity index (χ0v) is 51.0. The van der Waals surface area contributed by atoms with Crippen molar-refractivity contribution >= 4 is 91.0 Å². The lowest BCUT2D eigenvalue weighted by molar-refractivity contribution is -0.131. The zero-order valence-electron chi connectivity index (χ0n) is 87.0. The summed E-state index contributed by atoms with van der Waals surface area (Å²) in [6, 6.07) is -5.89. The van der Waals surface area contributed by atoms with Gasteiger partial charge in [0.2, 0.25) is 0 Å². The molecule has 0 saturated carbocycles. The quantitative estimate of drug-likeness (QED) is 0.0914. The van der Waals surface area contributed by atoms with Crippen LogP contribution in [0.3, 0.4) is 0 Å². The molecule has 28 heteroatoms. The van der Waals surface area contributed by atoms with E-state index in [0.29, 0.717) is 42.8 Å². The smallest absolute Gasteiger partial charge is 0.302 e. The summed E-state index contributed by atoms with van der Waals surface area (Å²) < 4.78 is 298. The van der Waals surface area contributed by atoms with E-state index in [1.54, 1.807) is 30.4 Å². The highest BCUT2D eigenvalue weighted by atomic mass is 16.2. The van der Waals surface area contributed by atoms with Crippen molar-refractivity contribution < 1.29 is 68.5 Å². The maximum Gasteiger partial charge on any atom is 0.302 e. The third-order valence-electron chi connectivity index (χ3n) is 15.0. The van der Waals surface area contributed by atoms with Gasteiger partial charge in [0.05, 0.1) is 56.6 Å². The molecule has 0 aromatic carbocycles. The van der Waals surface area contributed by atoms with Crippen LogP contribution < -0.4 is 19.6 Å². The molecule has 4 fully saturated rings. The predicted molar refractivity (Wildman–Crippen MR) is 361 cm³/mol. The fourth-order valence-electron chi connectivity index (χ4n) is 10.2. The van der Waals surface area contributed by atoms with Crippen LogP contribution in [0.25, 0.3) is 63.5 Å². The van der Waals surface area contributed by atoms with Gasteiger partial charge in [-0.05, 0) is 87.3 Å². The molecule has 0 radical (unpaired) electrons. The topological polar surface area (TPSA) is 278 Å². The second-order valence-electron chi connectivity index (χ2n) is 21.0. The molecule has 0 unspecified atom stereocenters. The molecule has 28 nitrogen and oxygen atoms in total. The summed E-state index contributed by atoms with van der Waals surface area (Å²) in [4.78, 5) is 110. The molecule has 12 rings (SSSR count). The van der Waals surface area contributed by atoms with Crippen molar-refractivity contribution in [2.45, 2.75) is 91.1 Å². The normalized spacial score (nSPS) is 33.8. The number of piperidine rings is 4. The number of anilines is 4. The minimum atomic E-state index is -4.36. The number of H-pyrrole nitrogens is 4. The average Bonchev–Trinajstić information content (AvgIpc) is 0.764. The van der Waals surface area contributed by atoms with E-state index in [0.717, 1.165) is 23.3 Å². The van der Waals surface area contributed by atoms with E-state index in [1.165, 1.54) is 36.3 Å². The molecule has 492 valence electrons. The van der Waals surface area contributed by atoms with Crippen LogP contribution in [-0.2, 0) is 19.2 Å². The first-order chi connectivity index (χ1) is 59.2. The zero-order chi connectivity index (χ0) is 98.8. The fourth-order valence-corrected chi connectivity index (χ4v) is 10.2. The second-order valence-corrected chi connectivity index (χ2v) is 21.0. The Bertz CT molecular complexity index is 5860. The Balaban J connectivity index is 0.000000198. The number of nitrogens with zero attached hydrogens (tertiary/aromatic N) is 20. The number of likely N-dealkylation sites (tertiary alicyclic amines) is 4. The van der Waals surface area contributed by atoms with E-state index in [1.807, 2.05) is 18.0 Å². The number of nitrogens with one attached hydrogen (secondary N) is 4. The molecule has 94 heavy (non-hydrogen) atoms. The SMILES string of the molecule is [2H]C([2H])([N+]#[C-])C(=O)N1CC[C@@H](C([2H])([2H])[2H])[C@@H](N(C)c2ncnc3[nH]ccc23)C1.[2H]C([2H])([N+]#[C-])C(=O)N1CC[C@@H](C)[C@@H](N(C)c2ncnc3[nH]ccc23)C1.[2H]c1nc(N(C([2H])([2H])[2H])[C@@]2([2H])C([2H])([2H])N(C(=O)C[N+]#[C-])C([2H])([2H])C([2H])([2H])[C@@]2([2H])C([2H])([2H])[2H])c2c([2H])c(C)[nH]c2n1.[2H]c1nc(N(C([2H])([2H])[2H])[C@@]2([2H])C([2H])([2H])N(C(=O)C[N+]#[C-])C([2H])([2H])C([2H])([2H])[C@@]2([2H])C)c2c([2H])c(C)[nH]c2n1. The van der Waals surface area contributed by atoms with Gasteiger partial charge in [-0.25, -0.2) is 66.2 Å². The number of carbonyl (C=O) groups excluding carboxylic acids is 4. The van der Waals surface area contributed by atoms with Crippen molar-refractivity contribution in [3.63, 3.8) is 0 Å². The van der Waals surface area contributed by atoms with Gasteiger partial charge in [-0.15, -0.1) is 0 Å². The summed E-state index contributed by atoms with van der Waals surface area (Å²) in [5, 5.41) is 0.676. The molecule has 8 aromatic heterocycles. The van der Waals surface area contributed by atoms with Crippen LogP contribution in [0.5, 0.6) is 0 Å². The Morgan fingerprint density at radius 1 is 0.585 bits per heavy atom. The largest absolute Gasteiger partial charge is 0.354 e. The number of likely N-dealkylation sites (N-methyl/N-ethyl adjacent to an activating group) is 4. The molecule has 4 aliphatic rings. The van der Waals surface area contributed by atoms with Gasteiger partial charge in [0.15, 0.2) is 0 Å². The number of carbonyl (C=O) groups is 4. The first kappa shape index (κ1) is 35.0. The van der Waals surface area contributed by atoms with Crippen LogP contribution in [0.15, 0.2) is 61.9 Å². The van der Waals surface area contributed by atoms with E-state index in [2.05, 4.69) is 86.1 Å². The van der Waals surface area contributed by atoms with Gasteiger partial charge < -0.3 is 78.5 Å². The number of rotatable bonds is 12. The van der Waals surface area contributed by atoms with E-state index in [9.17, 15) is 21.9 Å². The van der Waals surface area contributed by atoms with Crippen molar-refractivity contribution in [2.24, 2.45) is 23.6 Å². The third-order valence-corrected chi connectivity index (χ3v) is 15.0. The Morgan fingerprint density at radius 2 is 1.03 bits per heavy atom. The molecule has 0 bridgehead atoms. The van der Waals surface area contributed by atoms with Gasteiger partial charge in [0.25, 0.3) is 26.1 Å². The highest BCUT2D eigenvalue weighted by Crippen LogP contribution is 2.34.